The summed E-state index contributed by atoms with van der Waals surface area (Å²) in [6, 6.07) is 17.3. The third kappa shape index (κ3) is 5.12. The number of carbonyl (C=O) groups is 1. The minimum Gasteiger partial charge on any atom is -1.00 e. The van der Waals surface area contributed by atoms with Crippen LogP contribution in [0.4, 0.5) is 11.4 Å². The van der Waals surface area contributed by atoms with E-state index in [2.05, 4.69) is 79.7 Å². The van der Waals surface area contributed by atoms with E-state index in [-0.39, 0.29) is 30.7 Å². The van der Waals surface area contributed by atoms with Gasteiger partial charge in [-0.1, -0.05) is 48.6 Å². The van der Waals surface area contributed by atoms with E-state index in [0.29, 0.717) is 0 Å². The molecule has 2 aliphatic heterocycles. The predicted octanol–water partition coefficient (Wildman–Crippen LogP) is -5.25. The van der Waals surface area contributed by atoms with Gasteiger partial charge in [-0.2, -0.15) is 0 Å². The van der Waals surface area contributed by atoms with Gasteiger partial charge in [-0.05, 0) is 23.3 Å². The molecule has 2 aliphatic rings. The number of primary amides is 1. The Morgan fingerprint density at radius 3 is 1.94 bits per heavy atom. The molecule has 7 heteroatoms. The minimum absolute atomic E-state index is 0. The molecule has 0 unspecified atom stereocenters. The lowest BCUT2D eigenvalue weighted by Gasteiger charge is -2.39. The van der Waals surface area contributed by atoms with Crippen LogP contribution in [0.25, 0.3) is 12.2 Å². The second-order valence-corrected chi connectivity index (χ2v) is 8.90. The van der Waals surface area contributed by atoms with Gasteiger partial charge >= 0.3 is 0 Å². The molecule has 1 amide bonds. The number of benzene rings is 2. The molecule has 2 heterocycles. The number of piperidine rings is 1. The third-order valence-corrected chi connectivity index (χ3v) is 7.05. The zero-order valence-corrected chi connectivity index (χ0v) is 20.4. The third-order valence-electron chi connectivity index (χ3n) is 7.05. The van der Waals surface area contributed by atoms with Crippen LogP contribution in [-0.4, -0.2) is 51.7 Å². The van der Waals surface area contributed by atoms with Gasteiger partial charge in [-0.15, -0.1) is 0 Å². The smallest absolute Gasteiger partial charge is 0.279 e. The first kappa shape index (κ1) is 26.2. The van der Waals surface area contributed by atoms with Crippen molar-refractivity contribution in [1.82, 2.24) is 0 Å². The Labute approximate surface area is 204 Å². The molecule has 32 heavy (non-hydrogen) atoms. The topological polar surface area (TPSA) is 55.2 Å². The number of hydrogen-bond acceptors (Lipinski definition) is 2. The number of likely N-dealkylation sites (tertiary alicyclic amines) is 1. The zero-order chi connectivity index (χ0) is 21.1. The number of amides is 1. The molecule has 5 nitrogen and oxygen atoms in total. The van der Waals surface area contributed by atoms with Gasteiger partial charge in [-0.3, -0.25) is 4.79 Å². The molecule has 2 aromatic rings. The number of hydrogen-bond donors (Lipinski definition) is 3. The fourth-order valence-corrected chi connectivity index (χ4v) is 5.06. The van der Waals surface area contributed by atoms with Crippen molar-refractivity contribution in [2.45, 2.75) is 24.8 Å². The highest BCUT2D eigenvalue weighted by atomic mass is 35.5. The number of fused-ring (bicyclic) bond motifs is 2. The number of quaternary nitrogens is 2. The Bertz CT molecular complexity index is 890. The summed E-state index contributed by atoms with van der Waals surface area (Å²) in [5, 5.41) is 0. The van der Waals surface area contributed by atoms with Crippen LogP contribution in [0.1, 0.15) is 30.4 Å². The molecule has 0 aromatic heterocycles. The average Bonchev–Trinajstić information content (AvgIpc) is 2.91. The van der Waals surface area contributed by atoms with Crippen molar-refractivity contribution >= 4 is 29.4 Å². The Morgan fingerprint density at radius 2 is 1.47 bits per heavy atom. The molecule has 0 radical (unpaired) electrons. The molecule has 4 N–H and O–H groups in total. The van der Waals surface area contributed by atoms with E-state index in [9.17, 15) is 4.79 Å². The van der Waals surface area contributed by atoms with Crippen LogP contribution in [0.2, 0.25) is 0 Å². The molecular formula is C25H34Cl2N4O. The number of nitrogens with zero attached hydrogens (tertiary/aromatic N) is 1. The molecule has 0 spiro atoms. The average molecular weight is 477 g/mol. The summed E-state index contributed by atoms with van der Waals surface area (Å²) in [6.45, 7) is 4.14. The number of anilines is 2. The number of nitrogens with two attached hydrogens (primary N) is 1. The number of likely N-dealkylation sites (N-methyl/N-ethyl adjacent to an activating group) is 1. The van der Waals surface area contributed by atoms with Crippen LogP contribution in [0.15, 0.2) is 48.5 Å². The molecule has 1 fully saturated rings. The second-order valence-electron chi connectivity index (χ2n) is 8.90. The van der Waals surface area contributed by atoms with Gasteiger partial charge in [0.2, 0.25) is 0 Å². The number of nitrogens with one attached hydrogen (secondary N) is 2. The lowest BCUT2D eigenvalue weighted by atomic mass is 9.85. The van der Waals surface area contributed by atoms with Crippen molar-refractivity contribution in [2.24, 2.45) is 5.73 Å². The first-order valence-corrected chi connectivity index (χ1v) is 11.1. The maximum atomic E-state index is 12.1. The van der Waals surface area contributed by atoms with Crippen LogP contribution >= 0.6 is 0 Å². The van der Waals surface area contributed by atoms with E-state index in [1.54, 1.807) is 4.90 Å². The van der Waals surface area contributed by atoms with Crippen LogP contribution in [-0.2, 0) is 4.79 Å². The maximum absolute atomic E-state index is 12.1. The highest BCUT2D eigenvalue weighted by Gasteiger charge is 2.47. The monoisotopic (exact) mass is 476 g/mol. The predicted molar refractivity (Wildman–Crippen MR) is 123 cm³/mol. The number of halogens is 2. The molecule has 0 saturated carbocycles. The van der Waals surface area contributed by atoms with E-state index in [0.717, 1.165) is 45.4 Å². The quantitative estimate of drug-likeness (QED) is 0.390. The van der Waals surface area contributed by atoms with Crippen molar-refractivity contribution < 1.29 is 39.4 Å². The van der Waals surface area contributed by atoms with Crippen LogP contribution in [0.3, 0.4) is 0 Å². The summed E-state index contributed by atoms with van der Waals surface area (Å²) in [4.78, 5) is 17.3. The Balaban J connectivity index is 0.00000181. The number of carbonyl (C=O) groups excluding carboxylic acids is 1. The molecule has 0 atom stereocenters. The van der Waals surface area contributed by atoms with E-state index in [4.69, 9.17) is 5.73 Å². The van der Waals surface area contributed by atoms with E-state index < -0.39 is 5.54 Å². The SMILES string of the molecule is C[NH+](C)C1(C(N)=O)CC[NH+](CCCN2c3ccccc3C=Cc3ccccc32)CC1.[Cl-].[Cl-]. The summed E-state index contributed by atoms with van der Waals surface area (Å²) < 4.78 is 0. The zero-order valence-electron chi connectivity index (χ0n) is 18.9. The van der Waals surface area contributed by atoms with Crippen LogP contribution < -0.4 is 45.2 Å². The fourth-order valence-electron chi connectivity index (χ4n) is 5.06. The lowest BCUT2D eigenvalue weighted by molar-refractivity contribution is -0.949. The molecule has 0 bridgehead atoms. The summed E-state index contributed by atoms with van der Waals surface area (Å²) in [5.41, 5.74) is 10.5. The first-order valence-electron chi connectivity index (χ1n) is 11.1. The van der Waals surface area contributed by atoms with Crippen molar-refractivity contribution in [1.29, 1.82) is 0 Å². The Kier molecular flexibility index (Phi) is 9.17. The lowest BCUT2D eigenvalue weighted by Crippen LogP contribution is -3.22. The second kappa shape index (κ2) is 11.2. The van der Waals surface area contributed by atoms with Crippen molar-refractivity contribution in [3.8, 4) is 0 Å². The van der Waals surface area contributed by atoms with Gasteiger partial charge in [0.05, 0.1) is 46.6 Å². The van der Waals surface area contributed by atoms with Crippen molar-refractivity contribution in [3.05, 3.63) is 59.7 Å². The Morgan fingerprint density at radius 1 is 0.969 bits per heavy atom. The van der Waals surface area contributed by atoms with Gasteiger partial charge < -0.3 is 45.2 Å². The summed E-state index contributed by atoms with van der Waals surface area (Å²) in [7, 11) is 4.11. The van der Waals surface area contributed by atoms with E-state index >= 15 is 0 Å². The molecular weight excluding hydrogens is 443 g/mol. The van der Waals surface area contributed by atoms with E-state index in [1.165, 1.54) is 27.4 Å². The van der Waals surface area contributed by atoms with Gasteiger partial charge in [0.15, 0.2) is 5.54 Å². The largest absolute Gasteiger partial charge is 1.00 e. The van der Waals surface area contributed by atoms with Crippen molar-refractivity contribution in [2.75, 3.05) is 45.2 Å². The minimum atomic E-state index is -0.391. The van der Waals surface area contributed by atoms with E-state index in [1.807, 2.05) is 0 Å². The fraction of sp³-hybridized carbons (Fsp3) is 0.400. The molecule has 2 aromatic carbocycles. The summed E-state index contributed by atoms with van der Waals surface area (Å²) in [5.74, 6) is -0.146. The van der Waals surface area contributed by atoms with Gasteiger partial charge in [-0.25, -0.2) is 0 Å². The highest BCUT2D eigenvalue weighted by molar-refractivity contribution is 5.88. The summed E-state index contributed by atoms with van der Waals surface area (Å²) >= 11 is 0. The van der Waals surface area contributed by atoms with Gasteiger partial charge in [0, 0.05) is 24.3 Å². The molecule has 0 aliphatic carbocycles. The summed E-state index contributed by atoms with van der Waals surface area (Å²) in [6.07, 6.45) is 7.29. The molecule has 4 rings (SSSR count). The van der Waals surface area contributed by atoms with Gasteiger partial charge in [0.1, 0.15) is 0 Å². The first-order chi connectivity index (χ1) is 14.5. The molecule has 174 valence electrons. The highest BCUT2D eigenvalue weighted by Crippen LogP contribution is 2.35. The maximum Gasteiger partial charge on any atom is 0.279 e. The Hall–Kier alpha value is -2.05. The number of para-hydroxylation sites is 2. The molecule has 1 saturated heterocycles. The standard InChI is InChI=1S/C25H32N4O.2ClH/c1-27(2)25(24(26)30)14-18-28(19-15-25)16-7-17-29-22-10-5-3-8-20(22)12-13-21-9-4-6-11-23(21)29;;/h3-6,8-13H,7,14-19H2,1-2H3,(H2,26,30);2*1H. The van der Waals surface area contributed by atoms with Crippen LogP contribution in [0, 0.1) is 0 Å². The number of rotatable bonds is 6. The van der Waals surface area contributed by atoms with Crippen molar-refractivity contribution in [3.63, 3.8) is 0 Å². The van der Waals surface area contributed by atoms with Crippen LogP contribution in [0.5, 0.6) is 0 Å². The normalized spacial score (nSPS) is 21.6. The van der Waals surface area contributed by atoms with Gasteiger partial charge in [0.25, 0.3) is 5.91 Å².